The molecule has 0 saturated carbocycles. The van der Waals surface area contributed by atoms with E-state index in [-0.39, 0.29) is 22.7 Å². The van der Waals surface area contributed by atoms with Gasteiger partial charge in [-0.1, -0.05) is 0 Å². The molecule has 0 fully saturated rings. The first-order valence-electron chi connectivity index (χ1n) is 5.53. The topological polar surface area (TPSA) is 88.3 Å². The third-order valence-electron chi connectivity index (χ3n) is 3.01. The lowest BCUT2D eigenvalue weighted by Gasteiger charge is -2.32. The molecule has 0 aliphatic carbocycles. The van der Waals surface area contributed by atoms with Crippen molar-refractivity contribution >= 4 is 15.7 Å². The zero-order valence-corrected chi connectivity index (χ0v) is 12.0. The van der Waals surface area contributed by atoms with Crippen molar-refractivity contribution in [3.8, 4) is 0 Å². The summed E-state index contributed by atoms with van der Waals surface area (Å²) in [5, 5.41) is 0. The molecule has 0 bridgehead atoms. The zero-order chi connectivity index (χ0) is 14.0. The lowest BCUT2D eigenvalue weighted by atomic mass is 10.1. The van der Waals surface area contributed by atoms with E-state index in [4.69, 9.17) is 5.73 Å². The highest BCUT2D eigenvalue weighted by molar-refractivity contribution is 7.89. The van der Waals surface area contributed by atoms with Gasteiger partial charge in [-0.25, -0.2) is 13.1 Å². The standard InChI is InChI=1S/C11H20N4O2S/c1-11(2,15(3)4)8-14-18(16,17)10-7-13-6-5-9(10)12/h5-7,14H,8H2,1-4H3,(H2,12,13). The molecule has 3 N–H and O–H groups in total. The first-order chi connectivity index (χ1) is 8.17. The number of pyridine rings is 1. The molecule has 1 aromatic rings. The first-order valence-corrected chi connectivity index (χ1v) is 7.02. The summed E-state index contributed by atoms with van der Waals surface area (Å²) < 4.78 is 26.7. The highest BCUT2D eigenvalue weighted by Gasteiger charge is 2.25. The van der Waals surface area contributed by atoms with Crippen molar-refractivity contribution < 1.29 is 8.42 Å². The van der Waals surface area contributed by atoms with Crippen LogP contribution >= 0.6 is 0 Å². The van der Waals surface area contributed by atoms with E-state index < -0.39 is 10.0 Å². The Balaban J connectivity index is 2.88. The minimum absolute atomic E-state index is 0.0135. The van der Waals surface area contributed by atoms with E-state index in [2.05, 4.69) is 9.71 Å². The minimum Gasteiger partial charge on any atom is -0.398 e. The predicted octanol–water partition coefficient (Wildman–Crippen LogP) is 0.282. The maximum absolute atomic E-state index is 12.1. The maximum atomic E-state index is 12.1. The van der Waals surface area contributed by atoms with Crippen molar-refractivity contribution in [3.63, 3.8) is 0 Å². The van der Waals surface area contributed by atoms with E-state index in [1.165, 1.54) is 18.5 Å². The Bertz CT molecular complexity index is 512. The molecule has 102 valence electrons. The molecule has 0 amide bonds. The van der Waals surface area contributed by atoms with Crippen molar-refractivity contribution in [2.45, 2.75) is 24.3 Å². The second kappa shape index (κ2) is 5.21. The molecule has 0 aliphatic heterocycles. The van der Waals surface area contributed by atoms with E-state index in [1.807, 2.05) is 32.8 Å². The number of hydrogen-bond acceptors (Lipinski definition) is 5. The molecule has 18 heavy (non-hydrogen) atoms. The van der Waals surface area contributed by atoms with Gasteiger partial charge in [-0.15, -0.1) is 0 Å². The van der Waals surface area contributed by atoms with Gasteiger partial charge in [0.05, 0.1) is 5.69 Å². The summed E-state index contributed by atoms with van der Waals surface area (Å²) in [7, 11) is 0.169. The first kappa shape index (κ1) is 14.9. The molecule has 0 spiro atoms. The van der Waals surface area contributed by atoms with Gasteiger partial charge in [-0.2, -0.15) is 0 Å². The third-order valence-corrected chi connectivity index (χ3v) is 4.46. The Hall–Kier alpha value is -1.18. The average Bonchev–Trinajstić information content (AvgIpc) is 2.27. The van der Waals surface area contributed by atoms with Crippen LogP contribution in [0, 0.1) is 0 Å². The van der Waals surface area contributed by atoms with Gasteiger partial charge in [0.1, 0.15) is 4.90 Å². The van der Waals surface area contributed by atoms with Crippen LogP contribution in [0.3, 0.4) is 0 Å². The van der Waals surface area contributed by atoms with Gasteiger partial charge in [0, 0.05) is 24.5 Å². The summed E-state index contributed by atoms with van der Waals surface area (Å²) >= 11 is 0. The van der Waals surface area contributed by atoms with Crippen LogP contribution < -0.4 is 10.5 Å². The average molecular weight is 272 g/mol. The molecule has 0 saturated heterocycles. The van der Waals surface area contributed by atoms with Crippen LogP contribution in [0.4, 0.5) is 5.69 Å². The smallest absolute Gasteiger partial charge is 0.244 e. The van der Waals surface area contributed by atoms with Crippen molar-refractivity contribution in [2.24, 2.45) is 0 Å². The van der Waals surface area contributed by atoms with E-state index in [0.29, 0.717) is 0 Å². The Morgan fingerprint density at radius 2 is 2.06 bits per heavy atom. The Kier molecular flexibility index (Phi) is 4.31. The monoisotopic (exact) mass is 272 g/mol. The molecule has 1 rings (SSSR count). The van der Waals surface area contributed by atoms with Crippen LogP contribution in [0.5, 0.6) is 0 Å². The van der Waals surface area contributed by atoms with Crippen molar-refractivity contribution in [1.82, 2.24) is 14.6 Å². The molecule has 0 aliphatic rings. The van der Waals surface area contributed by atoms with Gasteiger partial charge in [-0.05, 0) is 34.0 Å². The molecule has 6 nitrogen and oxygen atoms in total. The molecule has 0 aromatic carbocycles. The highest BCUT2D eigenvalue weighted by Crippen LogP contribution is 2.16. The Labute approximate surface area is 108 Å². The van der Waals surface area contributed by atoms with Gasteiger partial charge in [0.25, 0.3) is 0 Å². The van der Waals surface area contributed by atoms with Crippen LogP contribution in [0.1, 0.15) is 13.8 Å². The minimum atomic E-state index is -3.62. The maximum Gasteiger partial charge on any atom is 0.244 e. The summed E-state index contributed by atoms with van der Waals surface area (Å²) in [5.41, 5.74) is 5.54. The third kappa shape index (κ3) is 3.41. The molecule has 1 aromatic heterocycles. The molecule has 0 unspecified atom stereocenters. The summed E-state index contributed by atoms with van der Waals surface area (Å²) in [6.45, 7) is 4.18. The molecule has 7 heteroatoms. The fourth-order valence-electron chi connectivity index (χ4n) is 1.12. The van der Waals surface area contributed by atoms with Gasteiger partial charge in [0.15, 0.2) is 0 Å². The van der Waals surface area contributed by atoms with Crippen LogP contribution in [-0.4, -0.2) is 44.5 Å². The molecule has 0 atom stereocenters. The molecular formula is C11H20N4O2S. The number of hydrogen-bond donors (Lipinski definition) is 2. The number of nitrogens with one attached hydrogen (secondary N) is 1. The van der Waals surface area contributed by atoms with E-state index in [1.54, 1.807) is 0 Å². The normalized spacial score (nSPS) is 12.9. The molecule has 1 heterocycles. The number of nitrogens with two attached hydrogens (primary N) is 1. The Morgan fingerprint density at radius 1 is 1.44 bits per heavy atom. The fourth-order valence-corrected chi connectivity index (χ4v) is 2.40. The summed E-state index contributed by atoms with van der Waals surface area (Å²) in [4.78, 5) is 5.74. The van der Waals surface area contributed by atoms with E-state index in [9.17, 15) is 8.42 Å². The van der Waals surface area contributed by atoms with Crippen LogP contribution in [-0.2, 0) is 10.0 Å². The highest BCUT2D eigenvalue weighted by atomic mass is 32.2. The van der Waals surface area contributed by atoms with E-state index in [0.717, 1.165) is 0 Å². The summed E-state index contributed by atoms with van der Waals surface area (Å²) in [5.74, 6) is 0. The van der Waals surface area contributed by atoms with Gasteiger partial charge >= 0.3 is 0 Å². The largest absolute Gasteiger partial charge is 0.398 e. The summed E-state index contributed by atoms with van der Waals surface area (Å²) in [6.07, 6.45) is 2.71. The second-order valence-corrected chi connectivity index (χ2v) is 6.68. The number of anilines is 1. The van der Waals surface area contributed by atoms with E-state index >= 15 is 0 Å². The second-order valence-electron chi connectivity index (χ2n) is 4.94. The lowest BCUT2D eigenvalue weighted by Crippen LogP contribution is -2.48. The SMILES string of the molecule is CN(C)C(C)(C)CNS(=O)(=O)c1cnccc1N. The van der Waals surface area contributed by atoms with Crippen LogP contribution in [0.15, 0.2) is 23.4 Å². The predicted molar refractivity (Wildman–Crippen MR) is 71.6 cm³/mol. The van der Waals surface area contributed by atoms with Crippen LogP contribution in [0.25, 0.3) is 0 Å². The van der Waals surface area contributed by atoms with Gasteiger partial charge < -0.3 is 10.6 Å². The number of aromatic nitrogens is 1. The molecule has 0 radical (unpaired) electrons. The van der Waals surface area contributed by atoms with Gasteiger partial charge in [0.2, 0.25) is 10.0 Å². The van der Waals surface area contributed by atoms with Crippen molar-refractivity contribution in [1.29, 1.82) is 0 Å². The van der Waals surface area contributed by atoms with Crippen molar-refractivity contribution in [3.05, 3.63) is 18.5 Å². The summed E-state index contributed by atoms with van der Waals surface area (Å²) in [6, 6.07) is 1.46. The number of nitrogen functional groups attached to an aromatic ring is 1. The number of nitrogens with zero attached hydrogens (tertiary/aromatic N) is 2. The molecular weight excluding hydrogens is 252 g/mol. The van der Waals surface area contributed by atoms with Crippen molar-refractivity contribution in [2.75, 3.05) is 26.4 Å². The lowest BCUT2D eigenvalue weighted by molar-refractivity contribution is 0.199. The zero-order valence-electron chi connectivity index (χ0n) is 11.1. The Morgan fingerprint density at radius 3 is 2.56 bits per heavy atom. The van der Waals surface area contributed by atoms with Gasteiger partial charge in [-0.3, -0.25) is 4.98 Å². The van der Waals surface area contributed by atoms with Crippen LogP contribution in [0.2, 0.25) is 0 Å². The number of sulfonamides is 1. The number of rotatable bonds is 5. The number of likely N-dealkylation sites (N-methyl/N-ethyl adjacent to an activating group) is 1. The fraction of sp³-hybridized carbons (Fsp3) is 0.545. The quantitative estimate of drug-likeness (QED) is 0.804.